The van der Waals surface area contributed by atoms with Crippen LogP contribution >= 0.6 is 0 Å². The third kappa shape index (κ3) is 1.61. The fraction of sp³-hybridized carbons (Fsp3) is 0.286. The maximum absolute atomic E-state index is 5.03. The largest absolute Gasteiger partial charge is 0.448 e. The van der Waals surface area contributed by atoms with Crippen molar-refractivity contribution in [2.75, 3.05) is 0 Å². The Morgan fingerprint density at radius 2 is 2.67 bits per heavy atom. The van der Waals surface area contributed by atoms with Gasteiger partial charge in [-0.25, -0.2) is 4.98 Å². The van der Waals surface area contributed by atoms with Gasteiger partial charge in [0.25, 0.3) is 0 Å². The molecule has 2 nitrogen and oxygen atoms in total. The minimum Gasteiger partial charge on any atom is -0.448 e. The van der Waals surface area contributed by atoms with E-state index in [0.29, 0.717) is 0 Å². The Bertz CT molecular complexity index is 195. The molecule has 2 heteroatoms. The Hall–Kier alpha value is -1.23. The van der Waals surface area contributed by atoms with E-state index in [-0.39, 0.29) is 0 Å². The zero-order chi connectivity index (χ0) is 6.53. The van der Waals surface area contributed by atoms with Crippen LogP contribution in [0.1, 0.15) is 12.2 Å². The fourth-order valence-corrected chi connectivity index (χ4v) is 0.561. The van der Waals surface area contributed by atoms with E-state index in [2.05, 4.69) is 10.9 Å². The molecule has 1 aromatic rings. The quantitative estimate of drug-likeness (QED) is 0.550. The second-order valence-electron chi connectivity index (χ2n) is 1.67. The molecule has 0 aliphatic rings. The molecular formula is C7H7NO. The molecule has 0 aliphatic heterocycles. The van der Waals surface area contributed by atoms with Crippen molar-refractivity contribution in [1.29, 1.82) is 0 Å². The molecular weight excluding hydrogens is 114 g/mol. The zero-order valence-electron chi connectivity index (χ0n) is 5.00. The summed E-state index contributed by atoms with van der Waals surface area (Å²) < 4.78 is 4.93. The minimum absolute atomic E-state index is 0.717. The third-order valence-electron chi connectivity index (χ3n) is 0.999. The van der Waals surface area contributed by atoms with Crippen molar-refractivity contribution in [2.45, 2.75) is 12.8 Å². The number of nitrogens with zero attached hydrogens (tertiary/aromatic N) is 1. The third-order valence-corrected chi connectivity index (χ3v) is 0.999. The van der Waals surface area contributed by atoms with E-state index < -0.39 is 0 Å². The molecule has 1 heterocycles. The first-order valence-corrected chi connectivity index (χ1v) is 2.74. The average Bonchev–Trinajstić information content (AvgIpc) is 2.34. The summed E-state index contributed by atoms with van der Waals surface area (Å²) in [7, 11) is 0. The van der Waals surface area contributed by atoms with E-state index in [4.69, 9.17) is 10.8 Å². The van der Waals surface area contributed by atoms with Crippen LogP contribution in [0.15, 0.2) is 17.0 Å². The molecule has 0 unspecified atom stereocenters. The molecule has 0 spiro atoms. The predicted molar refractivity (Wildman–Crippen MR) is 33.7 cm³/mol. The lowest BCUT2D eigenvalue weighted by Gasteiger charge is -1.84. The first-order valence-electron chi connectivity index (χ1n) is 2.74. The second-order valence-corrected chi connectivity index (χ2v) is 1.67. The lowest BCUT2D eigenvalue weighted by molar-refractivity contribution is 0.505. The topological polar surface area (TPSA) is 26.0 Å². The molecule has 0 amide bonds. The van der Waals surface area contributed by atoms with Crippen molar-refractivity contribution in [3.05, 3.63) is 18.4 Å². The lowest BCUT2D eigenvalue weighted by atomic mass is 10.3. The smallest absolute Gasteiger partial charge is 0.180 e. The van der Waals surface area contributed by atoms with E-state index >= 15 is 0 Å². The number of aryl methyl sites for hydroxylation is 1. The molecule has 0 bridgehead atoms. The molecule has 0 saturated carbocycles. The number of aromatic nitrogens is 1. The molecule has 0 saturated heterocycles. The molecule has 9 heavy (non-hydrogen) atoms. The summed E-state index contributed by atoms with van der Waals surface area (Å²) >= 11 is 0. The van der Waals surface area contributed by atoms with Crippen LogP contribution in [-0.2, 0) is 6.42 Å². The van der Waals surface area contributed by atoms with Crippen molar-refractivity contribution in [1.82, 2.24) is 4.98 Å². The summed E-state index contributed by atoms with van der Waals surface area (Å²) in [5.41, 5.74) is 0. The summed E-state index contributed by atoms with van der Waals surface area (Å²) in [6.45, 7) is 0. The SMILES string of the molecule is C#CCCc1cnco1. The first kappa shape index (κ1) is 5.90. The van der Waals surface area contributed by atoms with Gasteiger partial charge in [-0.3, -0.25) is 0 Å². The molecule has 1 rings (SSSR count). The van der Waals surface area contributed by atoms with Gasteiger partial charge >= 0.3 is 0 Å². The summed E-state index contributed by atoms with van der Waals surface area (Å²) in [6, 6.07) is 0. The lowest BCUT2D eigenvalue weighted by Crippen LogP contribution is -1.76. The maximum atomic E-state index is 5.03. The highest BCUT2D eigenvalue weighted by Gasteiger charge is 1.91. The van der Waals surface area contributed by atoms with Crippen molar-refractivity contribution >= 4 is 0 Å². The minimum atomic E-state index is 0.717. The van der Waals surface area contributed by atoms with E-state index in [1.807, 2.05) is 0 Å². The molecule has 0 aromatic carbocycles. The van der Waals surface area contributed by atoms with Crippen LogP contribution in [0.4, 0.5) is 0 Å². The van der Waals surface area contributed by atoms with E-state index in [0.717, 1.165) is 18.6 Å². The number of hydrogen-bond donors (Lipinski definition) is 0. The van der Waals surface area contributed by atoms with Gasteiger partial charge in [-0.05, 0) is 0 Å². The standard InChI is InChI=1S/C7H7NO/c1-2-3-4-7-5-8-6-9-7/h1,5-6H,3-4H2. The molecule has 0 N–H and O–H groups in total. The van der Waals surface area contributed by atoms with E-state index in [1.165, 1.54) is 6.39 Å². The van der Waals surface area contributed by atoms with Gasteiger partial charge in [-0.2, -0.15) is 0 Å². The summed E-state index contributed by atoms with van der Waals surface area (Å²) in [5.74, 6) is 3.37. The molecule has 1 aromatic heterocycles. The van der Waals surface area contributed by atoms with Gasteiger partial charge < -0.3 is 4.42 Å². The molecule has 46 valence electrons. The highest BCUT2D eigenvalue weighted by atomic mass is 16.3. The second kappa shape index (κ2) is 2.93. The number of rotatable bonds is 2. The van der Waals surface area contributed by atoms with Crippen molar-refractivity contribution in [3.63, 3.8) is 0 Å². The highest BCUT2D eigenvalue weighted by Crippen LogP contribution is 1.98. The van der Waals surface area contributed by atoms with Gasteiger partial charge in [0.15, 0.2) is 6.39 Å². The van der Waals surface area contributed by atoms with Crippen molar-refractivity contribution < 1.29 is 4.42 Å². The first-order chi connectivity index (χ1) is 4.43. The van der Waals surface area contributed by atoms with Crippen molar-refractivity contribution in [2.24, 2.45) is 0 Å². The summed E-state index contributed by atoms with van der Waals surface area (Å²) in [6.07, 6.45) is 9.63. The Labute approximate surface area is 53.9 Å². The van der Waals surface area contributed by atoms with E-state index in [9.17, 15) is 0 Å². The fourth-order valence-electron chi connectivity index (χ4n) is 0.561. The molecule has 0 atom stereocenters. The predicted octanol–water partition coefficient (Wildman–Crippen LogP) is 1.24. The maximum Gasteiger partial charge on any atom is 0.180 e. The highest BCUT2D eigenvalue weighted by molar-refractivity contribution is 4.94. The molecule has 0 aliphatic carbocycles. The summed E-state index contributed by atoms with van der Waals surface area (Å²) in [4.78, 5) is 3.74. The van der Waals surface area contributed by atoms with Crippen LogP contribution < -0.4 is 0 Å². The van der Waals surface area contributed by atoms with Gasteiger partial charge in [0.05, 0.1) is 6.20 Å². The van der Waals surface area contributed by atoms with Crippen LogP contribution in [0.3, 0.4) is 0 Å². The Morgan fingerprint density at radius 1 is 1.78 bits per heavy atom. The van der Waals surface area contributed by atoms with Crippen LogP contribution in [0, 0.1) is 12.3 Å². The molecule has 0 fully saturated rings. The Balaban J connectivity index is 2.41. The van der Waals surface area contributed by atoms with Crippen LogP contribution in [0.2, 0.25) is 0 Å². The van der Waals surface area contributed by atoms with Gasteiger partial charge in [0, 0.05) is 12.8 Å². The average molecular weight is 121 g/mol. The molecule has 0 radical (unpaired) electrons. The number of hydrogen-bond acceptors (Lipinski definition) is 2. The number of terminal acetylenes is 1. The number of oxazole rings is 1. The van der Waals surface area contributed by atoms with E-state index in [1.54, 1.807) is 6.20 Å². The van der Waals surface area contributed by atoms with Crippen LogP contribution in [-0.4, -0.2) is 4.98 Å². The van der Waals surface area contributed by atoms with Gasteiger partial charge in [0.1, 0.15) is 5.76 Å². The Morgan fingerprint density at radius 3 is 3.22 bits per heavy atom. The normalized spacial score (nSPS) is 8.78. The monoisotopic (exact) mass is 121 g/mol. The van der Waals surface area contributed by atoms with Gasteiger partial charge in [-0.15, -0.1) is 12.3 Å². The van der Waals surface area contributed by atoms with Crippen LogP contribution in [0.5, 0.6) is 0 Å². The Kier molecular flexibility index (Phi) is 1.92. The van der Waals surface area contributed by atoms with Crippen LogP contribution in [0.25, 0.3) is 0 Å². The van der Waals surface area contributed by atoms with Crippen molar-refractivity contribution in [3.8, 4) is 12.3 Å². The zero-order valence-corrected chi connectivity index (χ0v) is 5.00. The van der Waals surface area contributed by atoms with Gasteiger partial charge in [-0.1, -0.05) is 0 Å². The van der Waals surface area contributed by atoms with Gasteiger partial charge in [0.2, 0.25) is 0 Å². The summed E-state index contributed by atoms with van der Waals surface area (Å²) in [5, 5.41) is 0.